The molecule has 0 unspecified atom stereocenters. The Morgan fingerprint density at radius 3 is 2.50 bits per heavy atom. The number of rotatable bonds is 8. The number of likely N-dealkylation sites (N-methyl/N-ethyl adjacent to an activating group) is 1. The zero-order chi connectivity index (χ0) is 22.9. The number of carbonyl (C=O) groups excluding carboxylic acids is 3. The maximum absolute atomic E-state index is 12.3. The lowest BCUT2D eigenvalue weighted by Crippen LogP contribution is -2.48. The molecule has 32 heavy (non-hydrogen) atoms. The van der Waals surface area contributed by atoms with Gasteiger partial charge in [-0.1, -0.05) is 13.3 Å². The second kappa shape index (κ2) is 11.6. The number of unbranched alkanes of at least 4 members (excludes halogenated alkanes) is 1. The normalized spacial score (nSPS) is 14.1. The summed E-state index contributed by atoms with van der Waals surface area (Å²) in [6, 6.07) is 6.41. The fraction of sp³-hybridized carbons (Fsp3) is 0.455. The number of hydrogen-bond acceptors (Lipinski definition) is 7. The summed E-state index contributed by atoms with van der Waals surface area (Å²) in [6.45, 7) is 5.48. The summed E-state index contributed by atoms with van der Waals surface area (Å²) >= 11 is 1.29. The Bertz CT molecular complexity index is 923. The van der Waals surface area contributed by atoms with Crippen molar-refractivity contribution in [1.82, 2.24) is 14.8 Å². The lowest BCUT2D eigenvalue weighted by molar-refractivity contribution is -0.115. The quantitative estimate of drug-likeness (QED) is 0.465. The second-order valence-corrected chi connectivity index (χ2v) is 8.51. The number of benzene rings is 1. The Kier molecular flexibility index (Phi) is 8.57. The van der Waals surface area contributed by atoms with Gasteiger partial charge in [-0.05, 0) is 37.7 Å². The molecule has 9 nitrogen and oxygen atoms in total. The first-order chi connectivity index (χ1) is 15.4. The average molecular weight is 460 g/mol. The highest BCUT2D eigenvalue weighted by atomic mass is 32.1. The van der Waals surface area contributed by atoms with Crippen molar-refractivity contribution in [2.45, 2.75) is 26.2 Å². The van der Waals surface area contributed by atoms with E-state index >= 15 is 0 Å². The summed E-state index contributed by atoms with van der Waals surface area (Å²) in [5.41, 5.74) is 1.61. The van der Waals surface area contributed by atoms with E-state index in [4.69, 9.17) is 4.74 Å². The van der Waals surface area contributed by atoms with Gasteiger partial charge in [0.2, 0.25) is 5.91 Å². The number of nitrogens with one attached hydrogen (secondary N) is 2. The second-order valence-electron chi connectivity index (χ2n) is 7.66. The van der Waals surface area contributed by atoms with Gasteiger partial charge in [-0.3, -0.25) is 10.1 Å². The van der Waals surface area contributed by atoms with Crippen LogP contribution in [0.1, 0.15) is 35.8 Å². The van der Waals surface area contributed by atoms with E-state index in [0.29, 0.717) is 41.8 Å². The van der Waals surface area contributed by atoms with Gasteiger partial charge in [0.05, 0.1) is 24.3 Å². The van der Waals surface area contributed by atoms with Crippen LogP contribution in [0.2, 0.25) is 0 Å². The van der Waals surface area contributed by atoms with Crippen LogP contribution < -0.4 is 10.6 Å². The van der Waals surface area contributed by atoms with Gasteiger partial charge in [-0.25, -0.2) is 14.6 Å². The number of carbonyl (C=O) groups is 3. The highest BCUT2D eigenvalue weighted by molar-refractivity contribution is 7.13. The summed E-state index contributed by atoms with van der Waals surface area (Å²) in [7, 11) is 2.03. The maximum Gasteiger partial charge on any atom is 0.338 e. The largest absolute Gasteiger partial charge is 0.462 e. The Balaban J connectivity index is 1.45. The molecule has 10 heteroatoms. The fourth-order valence-corrected chi connectivity index (χ4v) is 3.78. The van der Waals surface area contributed by atoms with Crippen molar-refractivity contribution in [2.24, 2.45) is 0 Å². The van der Waals surface area contributed by atoms with Gasteiger partial charge < -0.3 is 19.9 Å². The van der Waals surface area contributed by atoms with E-state index in [1.165, 1.54) is 11.3 Å². The third-order valence-electron chi connectivity index (χ3n) is 5.03. The van der Waals surface area contributed by atoms with Crippen LogP contribution in [0.25, 0.3) is 0 Å². The lowest BCUT2D eigenvalue weighted by atomic mass is 10.2. The lowest BCUT2D eigenvalue weighted by Gasteiger charge is -2.32. The summed E-state index contributed by atoms with van der Waals surface area (Å²) in [5.74, 6) is -0.601. The number of aromatic nitrogens is 1. The molecular weight excluding hydrogens is 430 g/mol. The summed E-state index contributed by atoms with van der Waals surface area (Å²) in [6.07, 6.45) is 1.88. The van der Waals surface area contributed by atoms with Crippen LogP contribution in [0, 0.1) is 0 Å². The SMILES string of the molecule is CCCCOC(=O)c1ccc(NC(=O)Cc2csc(NC(=O)N3CCN(C)CC3)n2)cc1. The van der Waals surface area contributed by atoms with Gasteiger partial charge in [0.15, 0.2) is 5.13 Å². The number of ether oxygens (including phenoxy) is 1. The number of amides is 3. The highest BCUT2D eigenvalue weighted by Crippen LogP contribution is 2.18. The molecule has 1 fully saturated rings. The van der Waals surface area contributed by atoms with Crippen molar-refractivity contribution in [3.05, 3.63) is 40.9 Å². The molecular formula is C22H29N5O4S. The van der Waals surface area contributed by atoms with Gasteiger partial charge >= 0.3 is 12.0 Å². The van der Waals surface area contributed by atoms with E-state index in [1.807, 2.05) is 14.0 Å². The Morgan fingerprint density at radius 2 is 1.81 bits per heavy atom. The Morgan fingerprint density at radius 1 is 1.09 bits per heavy atom. The minimum Gasteiger partial charge on any atom is -0.462 e. The molecule has 0 spiro atoms. The molecule has 0 atom stereocenters. The van der Waals surface area contributed by atoms with Crippen LogP contribution in [0.3, 0.4) is 0 Å². The first kappa shape index (κ1) is 23.7. The van der Waals surface area contributed by atoms with Crippen molar-refractivity contribution in [3.63, 3.8) is 0 Å². The summed E-state index contributed by atoms with van der Waals surface area (Å²) in [5, 5.41) is 7.83. The zero-order valence-electron chi connectivity index (χ0n) is 18.4. The molecule has 0 aliphatic carbocycles. The van der Waals surface area contributed by atoms with E-state index in [2.05, 4.69) is 20.5 Å². The predicted octanol–water partition coefficient (Wildman–Crippen LogP) is 3.06. The highest BCUT2D eigenvalue weighted by Gasteiger charge is 2.20. The third kappa shape index (κ3) is 7.03. The molecule has 1 aromatic heterocycles. The number of piperazine rings is 1. The van der Waals surface area contributed by atoms with Gasteiger partial charge in [0.1, 0.15) is 0 Å². The van der Waals surface area contributed by atoms with Gasteiger partial charge in [-0.15, -0.1) is 11.3 Å². The van der Waals surface area contributed by atoms with Gasteiger partial charge in [-0.2, -0.15) is 0 Å². The van der Waals surface area contributed by atoms with Gasteiger partial charge in [0.25, 0.3) is 0 Å². The van der Waals surface area contributed by atoms with Crippen LogP contribution >= 0.6 is 11.3 Å². The molecule has 2 heterocycles. The molecule has 0 bridgehead atoms. The molecule has 1 aliphatic heterocycles. The molecule has 1 aromatic carbocycles. The fourth-order valence-electron chi connectivity index (χ4n) is 3.08. The van der Waals surface area contributed by atoms with Crippen molar-refractivity contribution in [2.75, 3.05) is 50.5 Å². The van der Waals surface area contributed by atoms with Crippen molar-refractivity contribution in [1.29, 1.82) is 0 Å². The Hall–Kier alpha value is -2.98. The van der Waals surface area contributed by atoms with Crippen LogP contribution in [0.5, 0.6) is 0 Å². The monoisotopic (exact) mass is 459 g/mol. The molecule has 0 saturated carbocycles. The minimum absolute atomic E-state index is 0.0850. The standard InChI is InChI=1S/C22H29N5O4S/c1-3-4-13-31-20(29)16-5-7-17(8-6-16)23-19(28)14-18-15-32-21(24-18)25-22(30)27-11-9-26(2)10-12-27/h5-8,15H,3-4,9-14H2,1-2H3,(H,23,28)(H,24,25,30). The number of hydrogen-bond donors (Lipinski definition) is 2. The molecule has 1 saturated heterocycles. The topological polar surface area (TPSA) is 104 Å². The molecule has 2 N–H and O–H groups in total. The minimum atomic E-state index is -0.370. The van der Waals surface area contributed by atoms with Crippen molar-refractivity contribution in [3.8, 4) is 0 Å². The van der Waals surface area contributed by atoms with Crippen molar-refractivity contribution >= 4 is 40.1 Å². The van der Waals surface area contributed by atoms with Gasteiger partial charge in [0, 0.05) is 37.2 Å². The first-order valence-electron chi connectivity index (χ1n) is 10.7. The molecule has 172 valence electrons. The summed E-state index contributed by atoms with van der Waals surface area (Å²) in [4.78, 5) is 44.9. The molecule has 3 rings (SSSR count). The molecule has 0 radical (unpaired) electrons. The van der Waals surface area contributed by atoms with E-state index in [9.17, 15) is 14.4 Å². The number of urea groups is 1. The summed E-state index contributed by atoms with van der Waals surface area (Å²) < 4.78 is 5.17. The molecule has 2 aromatic rings. The number of thiazole rings is 1. The van der Waals surface area contributed by atoms with E-state index < -0.39 is 0 Å². The van der Waals surface area contributed by atoms with Crippen LogP contribution in [-0.4, -0.2) is 72.5 Å². The maximum atomic E-state index is 12.3. The number of esters is 1. The van der Waals surface area contributed by atoms with Crippen LogP contribution in [0.15, 0.2) is 29.6 Å². The molecule has 1 aliphatic rings. The smallest absolute Gasteiger partial charge is 0.338 e. The Labute approximate surface area is 191 Å². The van der Waals surface area contributed by atoms with E-state index in [0.717, 1.165) is 25.9 Å². The zero-order valence-corrected chi connectivity index (χ0v) is 19.2. The number of anilines is 2. The number of nitrogens with zero attached hydrogens (tertiary/aromatic N) is 3. The van der Waals surface area contributed by atoms with Crippen molar-refractivity contribution < 1.29 is 19.1 Å². The third-order valence-corrected chi connectivity index (χ3v) is 5.84. The van der Waals surface area contributed by atoms with E-state index in [1.54, 1.807) is 34.5 Å². The van der Waals surface area contributed by atoms with E-state index in [-0.39, 0.29) is 24.3 Å². The van der Waals surface area contributed by atoms with Crippen LogP contribution in [0.4, 0.5) is 15.6 Å². The first-order valence-corrected chi connectivity index (χ1v) is 11.6. The average Bonchev–Trinajstić information content (AvgIpc) is 3.21. The predicted molar refractivity (Wildman–Crippen MR) is 124 cm³/mol. The molecule has 3 amide bonds. The van der Waals surface area contributed by atoms with Crippen LogP contribution in [-0.2, 0) is 16.0 Å².